The van der Waals surface area contributed by atoms with Gasteiger partial charge in [0.15, 0.2) is 0 Å². The van der Waals surface area contributed by atoms with Gasteiger partial charge in [-0.25, -0.2) is 0 Å². The lowest BCUT2D eigenvalue weighted by Gasteiger charge is -2.15. The van der Waals surface area contributed by atoms with Gasteiger partial charge < -0.3 is 10.1 Å². The fraction of sp³-hybridized carbons (Fsp3) is 0.368. The summed E-state index contributed by atoms with van der Waals surface area (Å²) in [5, 5.41) is 3.48. The summed E-state index contributed by atoms with van der Waals surface area (Å²) >= 11 is 0. The van der Waals surface area contributed by atoms with Gasteiger partial charge in [-0.15, -0.1) is 12.4 Å². The molecule has 1 aliphatic heterocycles. The number of hydrogen-bond acceptors (Lipinski definition) is 2. The Morgan fingerprint density at radius 3 is 2.50 bits per heavy atom. The molecule has 0 bridgehead atoms. The second-order valence-corrected chi connectivity index (χ2v) is 5.70. The van der Waals surface area contributed by atoms with Crippen LogP contribution < -0.4 is 10.1 Å². The fourth-order valence-electron chi connectivity index (χ4n) is 2.86. The highest BCUT2D eigenvalue weighted by Crippen LogP contribution is 2.21. The van der Waals surface area contributed by atoms with E-state index in [0.717, 1.165) is 31.7 Å². The number of benzene rings is 2. The Hall–Kier alpha value is -1.51. The van der Waals surface area contributed by atoms with Crippen molar-refractivity contribution in [3.05, 3.63) is 65.7 Å². The van der Waals surface area contributed by atoms with Crippen molar-refractivity contribution < 1.29 is 4.74 Å². The molecular weight excluding hydrogens is 294 g/mol. The maximum Gasteiger partial charge on any atom is 0.122 e. The monoisotopic (exact) mass is 317 g/mol. The Kier molecular flexibility index (Phi) is 6.75. The smallest absolute Gasteiger partial charge is 0.122 e. The van der Waals surface area contributed by atoms with E-state index in [2.05, 4.69) is 59.9 Å². The van der Waals surface area contributed by atoms with Gasteiger partial charge in [0.2, 0.25) is 0 Å². The molecule has 1 unspecified atom stereocenters. The average molecular weight is 318 g/mol. The number of aryl methyl sites for hydroxylation is 2. The normalized spacial score (nSPS) is 17.0. The van der Waals surface area contributed by atoms with Crippen molar-refractivity contribution in [3.8, 4) is 5.75 Å². The van der Waals surface area contributed by atoms with E-state index in [9.17, 15) is 0 Å². The van der Waals surface area contributed by atoms with Crippen LogP contribution in [0.3, 0.4) is 0 Å². The molecule has 1 atom stereocenters. The first-order valence-electron chi connectivity index (χ1n) is 7.90. The number of para-hydroxylation sites is 1. The van der Waals surface area contributed by atoms with Crippen LogP contribution >= 0.6 is 12.4 Å². The van der Waals surface area contributed by atoms with Crippen LogP contribution in [0.5, 0.6) is 5.75 Å². The average Bonchev–Trinajstić information content (AvgIpc) is 3.06. The molecule has 0 aliphatic carbocycles. The molecule has 118 valence electrons. The van der Waals surface area contributed by atoms with Crippen molar-refractivity contribution in [3.63, 3.8) is 0 Å². The quantitative estimate of drug-likeness (QED) is 0.868. The van der Waals surface area contributed by atoms with E-state index in [4.69, 9.17) is 4.74 Å². The molecule has 3 rings (SSSR count). The van der Waals surface area contributed by atoms with Crippen LogP contribution in [-0.2, 0) is 12.8 Å². The third-order valence-corrected chi connectivity index (χ3v) is 4.10. The van der Waals surface area contributed by atoms with Gasteiger partial charge in [-0.1, -0.05) is 48.5 Å². The molecule has 0 saturated carbocycles. The molecule has 2 aromatic rings. The highest BCUT2D eigenvalue weighted by Gasteiger charge is 2.15. The maximum atomic E-state index is 6.05. The lowest BCUT2D eigenvalue weighted by atomic mass is 10.0. The summed E-state index contributed by atoms with van der Waals surface area (Å²) in [7, 11) is 0. The van der Waals surface area contributed by atoms with Gasteiger partial charge in [0, 0.05) is 6.04 Å². The molecule has 0 radical (unpaired) electrons. The summed E-state index contributed by atoms with van der Waals surface area (Å²) in [4.78, 5) is 0. The summed E-state index contributed by atoms with van der Waals surface area (Å²) in [6.45, 7) is 1.91. The zero-order chi connectivity index (χ0) is 14.3. The van der Waals surface area contributed by atoms with Gasteiger partial charge >= 0.3 is 0 Å². The number of halogens is 1. The minimum Gasteiger partial charge on any atom is -0.492 e. The lowest BCUT2D eigenvalue weighted by molar-refractivity contribution is 0.274. The molecule has 1 aliphatic rings. The zero-order valence-corrected chi connectivity index (χ0v) is 13.6. The van der Waals surface area contributed by atoms with Crippen LogP contribution in [0, 0.1) is 0 Å². The number of nitrogens with one attached hydrogen (secondary N) is 1. The molecule has 22 heavy (non-hydrogen) atoms. The molecule has 3 heteroatoms. The van der Waals surface area contributed by atoms with Crippen molar-refractivity contribution in [2.75, 3.05) is 13.2 Å². The van der Waals surface area contributed by atoms with Gasteiger partial charge in [-0.2, -0.15) is 0 Å². The van der Waals surface area contributed by atoms with Gasteiger partial charge in [-0.05, 0) is 49.4 Å². The largest absolute Gasteiger partial charge is 0.492 e. The Morgan fingerprint density at radius 1 is 0.955 bits per heavy atom. The minimum atomic E-state index is 0. The Morgan fingerprint density at radius 2 is 1.73 bits per heavy atom. The standard InChI is InChI=1S/C19H23NO.ClH/c1-2-7-16(8-3-1)12-13-17-9-4-5-11-19(17)21-15-18-10-6-14-20-18;/h1-5,7-9,11,18,20H,6,10,12-15H2;1H. The van der Waals surface area contributed by atoms with Crippen LogP contribution in [0.1, 0.15) is 24.0 Å². The van der Waals surface area contributed by atoms with E-state index >= 15 is 0 Å². The summed E-state index contributed by atoms with van der Waals surface area (Å²) in [6.07, 6.45) is 4.58. The van der Waals surface area contributed by atoms with Gasteiger partial charge in [0.05, 0.1) is 0 Å². The number of ether oxygens (including phenoxy) is 1. The zero-order valence-electron chi connectivity index (χ0n) is 12.8. The first-order valence-corrected chi connectivity index (χ1v) is 7.90. The van der Waals surface area contributed by atoms with Crippen molar-refractivity contribution in [2.24, 2.45) is 0 Å². The SMILES string of the molecule is Cl.c1ccc(CCc2ccccc2OCC2CCCN2)cc1. The Bertz CT molecular complexity index is 552. The second-order valence-electron chi connectivity index (χ2n) is 5.70. The molecule has 0 spiro atoms. The van der Waals surface area contributed by atoms with Crippen molar-refractivity contribution >= 4 is 12.4 Å². The summed E-state index contributed by atoms with van der Waals surface area (Å²) in [5.74, 6) is 1.04. The molecular formula is C19H24ClNO. The predicted molar refractivity (Wildman–Crippen MR) is 94.1 cm³/mol. The predicted octanol–water partition coefficient (Wildman–Crippen LogP) is 4.02. The van der Waals surface area contributed by atoms with E-state index in [-0.39, 0.29) is 12.4 Å². The van der Waals surface area contributed by atoms with E-state index in [1.807, 2.05) is 0 Å². The molecule has 0 amide bonds. The van der Waals surface area contributed by atoms with Crippen LogP contribution in [0.25, 0.3) is 0 Å². The summed E-state index contributed by atoms with van der Waals surface area (Å²) < 4.78 is 6.05. The van der Waals surface area contributed by atoms with Crippen LogP contribution in [0.15, 0.2) is 54.6 Å². The molecule has 2 nitrogen and oxygen atoms in total. The number of hydrogen-bond donors (Lipinski definition) is 1. The Labute approximate surface area is 139 Å². The van der Waals surface area contributed by atoms with Crippen LogP contribution in [0.4, 0.5) is 0 Å². The highest BCUT2D eigenvalue weighted by molar-refractivity contribution is 5.85. The van der Waals surface area contributed by atoms with Gasteiger partial charge in [0.25, 0.3) is 0 Å². The Balaban J connectivity index is 0.00000176. The first-order chi connectivity index (χ1) is 10.4. The van der Waals surface area contributed by atoms with Gasteiger partial charge in [0.1, 0.15) is 12.4 Å². The minimum absolute atomic E-state index is 0. The third kappa shape index (κ3) is 4.75. The van der Waals surface area contributed by atoms with Crippen molar-refractivity contribution in [1.29, 1.82) is 0 Å². The summed E-state index contributed by atoms with van der Waals surface area (Å²) in [6, 6.07) is 19.6. The molecule has 1 N–H and O–H groups in total. The topological polar surface area (TPSA) is 21.3 Å². The van der Waals surface area contributed by atoms with Crippen molar-refractivity contribution in [1.82, 2.24) is 5.32 Å². The number of rotatable bonds is 6. The molecule has 1 heterocycles. The second kappa shape index (κ2) is 8.82. The maximum absolute atomic E-state index is 6.05. The molecule has 2 aromatic carbocycles. The van der Waals surface area contributed by atoms with Crippen LogP contribution in [-0.4, -0.2) is 19.2 Å². The summed E-state index contributed by atoms with van der Waals surface area (Å²) in [5.41, 5.74) is 2.68. The van der Waals surface area contributed by atoms with Crippen molar-refractivity contribution in [2.45, 2.75) is 31.7 Å². The first kappa shape index (κ1) is 16.9. The van der Waals surface area contributed by atoms with Crippen LogP contribution in [0.2, 0.25) is 0 Å². The van der Waals surface area contributed by atoms with E-state index in [1.165, 1.54) is 24.0 Å². The third-order valence-electron chi connectivity index (χ3n) is 4.10. The van der Waals surface area contributed by atoms with E-state index in [0.29, 0.717) is 6.04 Å². The lowest BCUT2D eigenvalue weighted by Crippen LogP contribution is -2.28. The molecule has 1 saturated heterocycles. The molecule has 1 fully saturated rings. The fourth-order valence-corrected chi connectivity index (χ4v) is 2.86. The van der Waals surface area contributed by atoms with E-state index in [1.54, 1.807) is 0 Å². The molecule has 0 aromatic heterocycles. The van der Waals surface area contributed by atoms with E-state index < -0.39 is 0 Å². The van der Waals surface area contributed by atoms with Gasteiger partial charge in [-0.3, -0.25) is 0 Å². The highest BCUT2D eigenvalue weighted by atomic mass is 35.5.